The monoisotopic (exact) mass is 336 g/mol. The van der Waals surface area contributed by atoms with Crippen molar-refractivity contribution < 1.29 is 13.2 Å². The van der Waals surface area contributed by atoms with Gasteiger partial charge in [0.2, 0.25) is 4.21 Å². The van der Waals surface area contributed by atoms with Gasteiger partial charge in [-0.05, 0) is 17.5 Å². The highest BCUT2D eigenvalue weighted by atomic mass is 35.5. The van der Waals surface area contributed by atoms with Crippen LogP contribution in [0.4, 0.5) is 0 Å². The summed E-state index contributed by atoms with van der Waals surface area (Å²) in [5, 5.41) is 0. The van der Waals surface area contributed by atoms with E-state index in [1.807, 2.05) is 30.3 Å². The molecule has 0 bridgehead atoms. The van der Waals surface area contributed by atoms with Crippen molar-refractivity contribution in [2.75, 3.05) is 6.26 Å². The maximum Gasteiger partial charge on any atom is 0.207 e. The van der Waals surface area contributed by atoms with Crippen molar-refractivity contribution in [3.05, 3.63) is 60.2 Å². The van der Waals surface area contributed by atoms with Crippen LogP contribution in [0.5, 0.6) is 0 Å². The molecule has 5 heteroatoms. The number of Topliss-reactive ketones (excluding diaryl/α,β-unsaturated/α-hetero) is 1. The molecular weight excluding hydrogens is 320 g/mol. The molecule has 0 aromatic heterocycles. The quantitative estimate of drug-likeness (QED) is 0.614. The zero-order chi connectivity index (χ0) is 16.4. The largest absolute Gasteiger partial charge is 0.291 e. The number of carbonyl (C=O) groups excluding carboxylic acids is 1. The molecule has 2 aromatic carbocycles. The van der Waals surface area contributed by atoms with Gasteiger partial charge in [0.05, 0.1) is 0 Å². The van der Waals surface area contributed by atoms with Gasteiger partial charge in [-0.3, -0.25) is 4.79 Å². The lowest BCUT2D eigenvalue weighted by Gasteiger charge is -2.22. The van der Waals surface area contributed by atoms with Crippen molar-refractivity contribution >= 4 is 27.2 Å². The second-order valence-electron chi connectivity index (χ2n) is 5.13. The second kappa shape index (κ2) is 6.23. The van der Waals surface area contributed by atoms with Crippen LogP contribution in [-0.4, -0.2) is 24.7 Å². The summed E-state index contributed by atoms with van der Waals surface area (Å²) in [6.45, 7) is 1.59. The summed E-state index contributed by atoms with van der Waals surface area (Å²) in [7, 11) is -3.71. The van der Waals surface area contributed by atoms with Gasteiger partial charge in [0, 0.05) is 11.8 Å². The van der Waals surface area contributed by atoms with Crippen LogP contribution >= 0.6 is 11.6 Å². The zero-order valence-corrected chi connectivity index (χ0v) is 14.0. The summed E-state index contributed by atoms with van der Waals surface area (Å²) < 4.78 is 21.8. The molecule has 1 unspecified atom stereocenters. The number of hydrogen-bond donors (Lipinski definition) is 0. The van der Waals surface area contributed by atoms with E-state index in [2.05, 4.69) is 0 Å². The van der Waals surface area contributed by atoms with E-state index in [1.165, 1.54) is 0 Å². The summed E-state index contributed by atoms with van der Waals surface area (Å²) in [5.41, 5.74) is 2.27. The predicted molar refractivity (Wildman–Crippen MR) is 89.9 cm³/mol. The van der Waals surface area contributed by atoms with E-state index in [1.54, 1.807) is 31.2 Å². The molecule has 0 radical (unpaired) electrons. The van der Waals surface area contributed by atoms with E-state index in [0.717, 1.165) is 17.4 Å². The molecule has 2 aromatic rings. The number of hydrogen-bond acceptors (Lipinski definition) is 3. The fourth-order valence-electron chi connectivity index (χ4n) is 2.25. The molecule has 22 heavy (non-hydrogen) atoms. The molecule has 3 nitrogen and oxygen atoms in total. The maximum absolute atomic E-state index is 12.5. The van der Waals surface area contributed by atoms with Crippen LogP contribution in [0.1, 0.15) is 23.7 Å². The molecule has 0 spiro atoms. The fourth-order valence-corrected chi connectivity index (χ4v) is 3.34. The van der Waals surface area contributed by atoms with Crippen LogP contribution in [0.15, 0.2) is 54.6 Å². The summed E-state index contributed by atoms with van der Waals surface area (Å²) in [5.74, 6) is -0.584. The molecule has 0 amide bonds. The van der Waals surface area contributed by atoms with Crippen molar-refractivity contribution in [3.63, 3.8) is 0 Å². The summed E-state index contributed by atoms with van der Waals surface area (Å²) >= 11 is 6.10. The minimum absolute atomic E-state index is 0.0205. The van der Waals surface area contributed by atoms with E-state index in [0.29, 0.717) is 5.56 Å². The third kappa shape index (κ3) is 3.08. The molecule has 116 valence electrons. The van der Waals surface area contributed by atoms with Crippen LogP contribution < -0.4 is 0 Å². The van der Waals surface area contributed by atoms with E-state index < -0.39 is 19.8 Å². The highest BCUT2D eigenvalue weighted by molar-refractivity contribution is 7.94. The Kier molecular flexibility index (Phi) is 4.73. The molecule has 0 aliphatic carbocycles. The Morgan fingerprint density at radius 2 is 1.50 bits per heavy atom. The highest BCUT2D eigenvalue weighted by Gasteiger charge is 2.44. The van der Waals surface area contributed by atoms with Gasteiger partial charge in [0.1, 0.15) is 0 Å². The van der Waals surface area contributed by atoms with Gasteiger partial charge < -0.3 is 0 Å². The van der Waals surface area contributed by atoms with E-state index >= 15 is 0 Å². The van der Waals surface area contributed by atoms with Gasteiger partial charge >= 0.3 is 0 Å². The Morgan fingerprint density at radius 1 is 1.00 bits per heavy atom. The average molecular weight is 337 g/mol. The topological polar surface area (TPSA) is 51.2 Å². The third-order valence-electron chi connectivity index (χ3n) is 3.64. The SMILES string of the molecule is CCC(Cl)(C(=O)c1ccc(-c2ccccc2)cc1)S(C)(=O)=O. The van der Waals surface area contributed by atoms with Gasteiger partial charge in [-0.2, -0.15) is 0 Å². The molecule has 0 aliphatic rings. The number of rotatable bonds is 5. The third-order valence-corrected chi connectivity index (χ3v) is 6.57. The van der Waals surface area contributed by atoms with Crippen LogP contribution in [0.3, 0.4) is 0 Å². The Bertz CT molecular complexity index is 767. The van der Waals surface area contributed by atoms with E-state index in [-0.39, 0.29) is 6.42 Å². The van der Waals surface area contributed by atoms with Crippen LogP contribution in [0, 0.1) is 0 Å². The van der Waals surface area contributed by atoms with Crippen LogP contribution in [0.2, 0.25) is 0 Å². The van der Waals surface area contributed by atoms with Crippen LogP contribution in [-0.2, 0) is 9.84 Å². The number of benzene rings is 2. The zero-order valence-electron chi connectivity index (χ0n) is 12.4. The Hall–Kier alpha value is -1.65. The highest BCUT2D eigenvalue weighted by Crippen LogP contribution is 2.31. The number of ketones is 1. The Labute approximate surface area is 135 Å². The van der Waals surface area contributed by atoms with Gasteiger partial charge in [-0.25, -0.2) is 8.42 Å². The first-order valence-corrected chi connectivity index (χ1v) is 9.15. The predicted octanol–water partition coefficient (Wildman–Crippen LogP) is 3.93. The Balaban J connectivity index is 2.37. The molecule has 0 heterocycles. The molecular formula is C17H17ClO3S. The minimum atomic E-state index is -3.71. The lowest BCUT2D eigenvalue weighted by atomic mass is 10.0. The molecule has 2 rings (SSSR count). The van der Waals surface area contributed by atoms with E-state index in [9.17, 15) is 13.2 Å². The molecule has 0 aliphatic heterocycles. The van der Waals surface area contributed by atoms with E-state index in [4.69, 9.17) is 11.6 Å². The van der Waals surface area contributed by atoms with Crippen molar-refractivity contribution in [1.29, 1.82) is 0 Å². The number of carbonyl (C=O) groups is 1. The van der Waals surface area contributed by atoms with Gasteiger partial charge in [-0.15, -0.1) is 0 Å². The first-order valence-electron chi connectivity index (χ1n) is 6.88. The first kappa shape index (κ1) is 16.7. The number of halogens is 1. The summed E-state index contributed by atoms with van der Waals surface area (Å²) in [4.78, 5) is 12.5. The van der Waals surface area contributed by atoms with Crippen LogP contribution in [0.25, 0.3) is 11.1 Å². The van der Waals surface area contributed by atoms with Crippen molar-refractivity contribution in [1.82, 2.24) is 0 Å². The molecule has 0 fully saturated rings. The normalized spacial score (nSPS) is 14.3. The number of alkyl halides is 1. The Morgan fingerprint density at radius 3 is 1.95 bits per heavy atom. The summed E-state index contributed by atoms with van der Waals surface area (Å²) in [6, 6.07) is 16.5. The minimum Gasteiger partial charge on any atom is -0.291 e. The van der Waals surface area contributed by atoms with Crippen molar-refractivity contribution in [2.45, 2.75) is 17.6 Å². The average Bonchev–Trinajstić information content (AvgIpc) is 2.53. The standard InChI is InChI=1S/C17H17ClO3S/c1-3-17(18,22(2,20)21)16(19)15-11-9-14(10-12-15)13-7-5-4-6-8-13/h4-12H,3H2,1-2H3. The fraction of sp³-hybridized carbons (Fsp3) is 0.235. The van der Waals surface area contributed by atoms with Gasteiger partial charge in [0.15, 0.2) is 15.6 Å². The second-order valence-corrected chi connectivity index (χ2v) is 8.24. The lowest BCUT2D eigenvalue weighted by molar-refractivity contribution is 0.0971. The summed E-state index contributed by atoms with van der Waals surface area (Å²) in [6.07, 6.45) is 1.01. The molecule has 0 saturated heterocycles. The lowest BCUT2D eigenvalue weighted by Crippen LogP contribution is -2.40. The smallest absolute Gasteiger partial charge is 0.207 e. The van der Waals surface area contributed by atoms with Gasteiger partial charge in [-0.1, -0.05) is 73.1 Å². The van der Waals surface area contributed by atoms with Crippen molar-refractivity contribution in [2.24, 2.45) is 0 Å². The molecule has 1 atom stereocenters. The maximum atomic E-state index is 12.5. The number of sulfone groups is 1. The van der Waals surface area contributed by atoms with Crippen molar-refractivity contribution in [3.8, 4) is 11.1 Å². The molecule has 0 saturated carbocycles. The van der Waals surface area contributed by atoms with Gasteiger partial charge in [0.25, 0.3) is 0 Å². The first-order chi connectivity index (χ1) is 10.3. The molecule has 0 N–H and O–H groups in total.